The number of hydrogen-bond acceptors (Lipinski definition) is 7. The first-order valence-corrected chi connectivity index (χ1v) is 11.5. The van der Waals surface area contributed by atoms with Gasteiger partial charge in [0.2, 0.25) is 0 Å². The number of nitrogens with one attached hydrogen (secondary N) is 1. The molecule has 0 saturated heterocycles. The van der Waals surface area contributed by atoms with Crippen molar-refractivity contribution < 1.29 is 21.6 Å². The average Bonchev–Trinajstić information content (AvgIpc) is 3.10. The summed E-state index contributed by atoms with van der Waals surface area (Å²) in [5.74, 6) is -0.0611. The number of anilines is 1. The molecule has 0 fully saturated rings. The van der Waals surface area contributed by atoms with Gasteiger partial charge in [-0.3, -0.25) is 4.98 Å². The molecule has 3 heterocycles. The standard InChI is InChI=1S/C18H18BrF3N6O2S/c1-4-23-11-9-13(31(29,30)5-2)14(25-15(11)19)17-27-26-16(28(17)3)12-8-10(6-7-24-12)18(20,21)22/h6-9,23H,4-5H2,1-3H3. The Balaban J connectivity index is 2.20. The molecule has 0 bridgehead atoms. The molecule has 1 N–H and O–H groups in total. The number of rotatable bonds is 6. The molecule has 31 heavy (non-hydrogen) atoms. The van der Waals surface area contributed by atoms with Crippen LogP contribution in [0.1, 0.15) is 19.4 Å². The lowest BCUT2D eigenvalue weighted by atomic mass is 10.2. The maximum absolute atomic E-state index is 13.1. The molecule has 8 nitrogen and oxygen atoms in total. The van der Waals surface area contributed by atoms with Crippen LogP contribution in [0.2, 0.25) is 0 Å². The van der Waals surface area contributed by atoms with Gasteiger partial charge in [0.05, 0.1) is 21.9 Å². The molecule has 0 aromatic carbocycles. The molecule has 166 valence electrons. The molecular formula is C18H18BrF3N6O2S. The third kappa shape index (κ3) is 4.56. The molecule has 0 atom stereocenters. The molecule has 0 amide bonds. The van der Waals surface area contributed by atoms with Gasteiger partial charge in [0.1, 0.15) is 16.0 Å². The summed E-state index contributed by atoms with van der Waals surface area (Å²) in [6.45, 7) is 3.90. The molecule has 0 spiro atoms. The summed E-state index contributed by atoms with van der Waals surface area (Å²) in [5.41, 5.74) is -0.421. The third-order valence-electron chi connectivity index (χ3n) is 4.43. The van der Waals surface area contributed by atoms with E-state index in [0.29, 0.717) is 16.8 Å². The number of alkyl halides is 3. The Bertz CT molecular complexity index is 1230. The lowest BCUT2D eigenvalue weighted by molar-refractivity contribution is -0.137. The predicted octanol–water partition coefficient (Wildman–Crippen LogP) is 3.95. The average molecular weight is 519 g/mol. The summed E-state index contributed by atoms with van der Waals surface area (Å²) in [5, 5.41) is 11.0. The maximum atomic E-state index is 13.1. The van der Waals surface area contributed by atoms with E-state index < -0.39 is 21.6 Å². The van der Waals surface area contributed by atoms with Crippen LogP contribution in [0.5, 0.6) is 0 Å². The van der Waals surface area contributed by atoms with E-state index in [2.05, 4.69) is 41.4 Å². The van der Waals surface area contributed by atoms with E-state index in [9.17, 15) is 21.6 Å². The topological polar surface area (TPSA) is 103 Å². The van der Waals surface area contributed by atoms with Crippen molar-refractivity contribution in [3.05, 3.63) is 34.6 Å². The van der Waals surface area contributed by atoms with Crippen molar-refractivity contribution in [2.75, 3.05) is 17.6 Å². The van der Waals surface area contributed by atoms with E-state index in [1.54, 1.807) is 0 Å². The van der Waals surface area contributed by atoms with Gasteiger partial charge < -0.3 is 9.88 Å². The summed E-state index contributed by atoms with van der Waals surface area (Å²) >= 11 is 3.31. The Morgan fingerprint density at radius 3 is 2.45 bits per heavy atom. The van der Waals surface area contributed by atoms with Gasteiger partial charge in [-0.05, 0) is 41.1 Å². The van der Waals surface area contributed by atoms with Crippen molar-refractivity contribution in [3.8, 4) is 23.0 Å². The summed E-state index contributed by atoms with van der Waals surface area (Å²) in [6.07, 6.45) is -3.52. The lowest BCUT2D eigenvalue weighted by Crippen LogP contribution is -2.11. The highest BCUT2D eigenvalue weighted by molar-refractivity contribution is 9.10. The highest BCUT2D eigenvalue weighted by Crippen LogP contribution is 2.34. The summed E-state index contributed by atoms with van der Waals surface area (Å²) in [4.78, 5) is 8.24. The highest BCUT2D eigenvalue weighted by atomic mass is 79.9. The molecule has 0 aliphatic rings. The first-order chi connectivity index (χ1) is 14.5. The second-order valence-electron chi connectivity index (χ2n) is 6.44. The van der Waals surface area contributed by atoms with Gasteiger partial charge in [0.25, 0.3) is 0 Å². The number of aromatic nitrogens is 5. The lowest BCUT2D eigenvalue weighted by Gasteiger charge is -2.13. The van der Waals surface area contributed by atoms with Gasteiger partial charge in [-0.1, -0.05) is 6.92 Å². The van der Waals surface area contributed by atoms with Gasteiger partial charge in [-0.2, -0.15) is 13.2 Å². The van der Waals surface area contributed by atoms with E-state index in [1.807, 2.05) is 6.92 Å². The minimum atomic E-state index is -4.55. The van der Waals surface area contributed by atoms with Crippen LogP contribution in [0.25, 0.3) is 23.0 Å². The number of halogens is 4. The molecule has 3 aromatic heterocycles. The van der Waals surface area contributed by atoms with Crippen molar-refractivity contribution in [2.45, 2.75) is 24.9 Å². The number of sulfone groups is 1. The molecule has 0 aliphatic carbocycles. The summed E-state index contributed by atoms with van der Waals surface area (Å²) in [7, 11) is -2.20. The van der Waals surface area contributed by atoms with Crippen molar-refractivity contribution in [1.82, 2.24) is 24.7 Å². The van der Waals surface area contributed by atoms with Crippen molar-refractivity contribution in [2.24, 2.45) is 7.05 Å². The van der Waals surface area contributed by atoms with E-state index in [0.717, 1.165) is 18.3 Å². The Kier molecular flexibility index (Phi) is 6.37. The Hall–Kier alpha value is -2.54. The number of nitrogens with zero attached hydrogens (tertiary/aromatic N) is 5. The zero-order chi connectivity index (χ0) is 23.0. The molecular weight excluding hydrogens is 501 g/mol. The number of pyridine rings is 2. The van der Waals surface area contributed by atoms with Gasteiger partial charge in [0, 0.05) is 19.8 Å². The van der Waals surface area contributed by atoms with Gasteiger partial charge >= 0.3 is 6.18 Å². The first-order valence-electron chi connectivity index (χ1n) is 9.10. The molecule has 13 heteroatoms. The van der Waals surface area contributed by atoms with Crippen molar-refractivity contribution >= 4 is 31.5 Å². The zero-order valence-electron chi connectivity index (χ0n) is 16.7. The fraction of sp³-hybridized carbons (Fsp3) is 0.333. The molecule has 0 radical (unpaired) electrons. The van der Waals surface area contributed by atoms with Crippen LogP contribution < -0.4 is 5.32 Å². The number of hydrogen-bond donors (Lipinski definition) is 1. The van der Waals surface area contributed by atoms with Crippen LogP contribution >= 0.6 is 15.9 Å². The highest BCUT2D eigenvalue weighted by Gasteiger charge is 2.32. The fourth-order valence-corrected chi connectivity index (χ4v) is 4.30. The maximum Gasteiger partial charge on any atom is 0.416 e. The second-order valence-corrected chi connectivity index (χ2v) is 9.44. The van der Waals surface area contributed by atoms with Crippen LogP contribution in [0.15, 0.2) is 33.9 Å². The van der Waals surface area contributed by atoms with Crippen LogP contribution in [0.3, 0.4) is 0 Å². The van der Waals surface area contributed by atoms with E-state index in [-0.39, 0.29) is 33.7 Å². The molecule has 3 aromatic rings. The Morgan fingerprint density at radius 2 is 1.84 bits per heavy atom. The fourth-order valence-electron chi connectivity index (χ4n) is 2.83. The normalized spacial score (nSPS) is 12.2. The Labute approximate surface area is 185 Å². The summed E-state index contributed by atoms with van der Waals surface area (Å²) < 4.78 is 66.4. The predicted molar refractivity (Wildman–Crippen MR) is 112 cm³/mol. The summed E-state index contributed by atoms with van der Waals surface area (Å²) in [6, 6.07) is 3.16. The first kappa shape index (κ1) is 23.1. The van der Waals surface area contributed by atoms with Gasteiger partial charge in [0.15, 0.2) is 21.5 Å². The van der Waals surface area contributed by atoms with Crippen LogP contribution in [-0.4, -0.2) is 45.4 Å². The van der Waals surface area contributed by atoms with Gasteiger partial charge in [-0.25, -0.2) is 13.4 Å². The van der Waals surface area contributed by atoms with Gasteiger partial charge in [-0.15, -0.1) is 10.2 Å². The minimum absolute atomic E-state index is 0.0311. The quantitative estimate of drug-likeness (QED) is 0.492. The monoisotopic (exact) mass is 518 g/mol. The van der Waals surface area contributed by atoms with Crippen LogP contribution in [-0.2, 0) is 23.1 Å². The second kappa shape index (κ2) is 8.54. The van der Waals surface area contributed by atoms with Crippen molar-refractivity contribution in [3.63, 3.8) is 0 Å². The van der Waals surface area contributed by atoms with Crippen LogP contribution in [0.4, 0.5) is 18.9 Å². The zero-order valence-corrected chi connectivity index (χ0v) is 19.1. The van der Waals surface area contributed by atoms with E-state index in [4.69, 9.17) is 0 Å². The van der Waals surface area contributed by atoms with E-state index >= 15 is 0 Å². The van der Waals surface area contributed by atoms with Crippen molar-refractivity contribution in [1.29, 1.82) is 0 Å². The largest absolute Gasteiger partial charge is 0.416 e. The van der Waals surface area contributed by atoms with E-state index in [1.165, 1.54) is 24.6 Å². The Morgan fingerprint density at radius 1 is 1.16 bits per heavy atom. The minimum Gasteiger partial charge on any atom is -0.383 e. The van der Waals surface area contributed by atoms with Crippen LogP contribution in [0, 0.1) is 0 Å². The SMILES string of the molecule is CCNc1cc(S(=O)(=O)CC)c(-c2nnc(-c3cc(C(F)(F)F)ccn3)n2C)nc1Br. The smallest absolute Gasteiger partial charge is 0.383 e. The molecule has 3 rings (SSSR count). The molecule has 0 aliphatic heterocycles. The third-order valence-corrected chi connectivity index (χ3v) is 6.77. The molecule has 0 saturated carbocycles. The molecule has 0 unspecified atom stereocenters.